The van der Waals surface area contributed by atoms with E-state index in [0.717, 1.165) is 5.56 Å². The monoisotopic (exact) mass is 294 g/mol. The molecule has 2 heterocycles. The number of fused-ring (bicyclic) bond motifs is 1. The van der Waals surface area contributed by atoms with Gasteiger partial charge in [-0.2, -0.15) is 5.06 Å². The number of hydroxylamine groups is 2. The molecule has 7 heteroatoms. The van der Waals surface area contributed by atoms with Crippen LogP contribution in [0.15, 0.2) is 24.3 Å². The maximum Gasteiger partial charge on any atom is 0.269 e. The Morgan fingerprint density at radius 3 is 2.57 bits per heavy atom. The molecule has 1 aromatic carbocycles. The normalized spacial score (nSPS) is 33.4. The van der Waals surface area contributed by atoms with Gasteiger partial charge < -0.3 is 9.47 Å². The maximum atomic E-state index is 10.7. The minimum atomic E-state index is -0.397. The molecule has 0 aliphatic carbocycles. The van der Waals surface area contributed by atoms with E-state index < -0.39 is 4.92 Å². The number of non-ortho nitro benzene ring substituents is 1. The summed E-state index contributed by atoms with van der Waals surface area (Å²) in [5.74, 6) is 0.140. The Labute approximate surface area is 122 Å². The van der Waals surface area contributed by atoms with Crippen LogP contribution in [0, 0.1) is 16.0 Å². The van der Waals surface area contributed by atoms with Gasteiger partial charge >= 0.3 is 0 Å². The van der Waals surface area contributed by atoms with Gasteiger partial charge in [0, 0.05) is 25.1 Å². The first-order valence-electron chi connectivity index (χ1n) is 6.93. The van der Waals surface area contributed by atoms with Crippen LogP contribution in [-0.4, -0.2) is 42.6 Å². The number of nitrogens with zero attached hydrogens (tertiary/aromatic N) is 2. The number of nitro groups is 1. The van der Waals surface area contributed by atoms with Gasteiger partial charge in [0.25, 0.3) is 5.69 Å². The van der Waals surface area contributed by atoms with Crippen LogP contribution in [0.3, 0.4) is 0 Å². The number of nitro benzene ring substituents is 1. The van der Waals surface area contributed by atoms with E-state index in [9.17, 15) is 10.1 Å². The molecule has 0 unspecified atom stereocenters. The summed E-state index contributed by atoms with van der Waals surface area (Å²) >= 11 is 0. The molecule has 1 aromatic rings. The second kappa shape index (κ2) is 5.69. The molecule has 2 saturated heterocycles. The third-order valence-electron chi connectivity index (χ3n) is 4.04. The van der Waals surface area contributed by atoms with E-state index >= 15 is 0 Å². The Morgan fingerprint density at radius 1 is 1.24 bits per heavy atom. The minimum absolute atomic E-state index is 0.00436. The molecule has 7 nitrogen and oxygen atoms in total. The molecule has 0 N–H and O–H groups in total. The third kappa shape index (κ3) is 2.77. The molecular weight excluding hydrogens is 276 g/mol. The number of ether oxygens (including phenoxy) is 2. The molecule has 2 aliphatic heterocycles. The quantitative estimate of drug-likeness (QED) is 0.612. The van der Waals surface area contributed by atoms with E-state index in [2.05, 4.69) is 0 Å². The second-order valence-electron chi connectivity index (χ2n) is 5.38. The van der Waals surface area contributed by atoms with Crippen molar-refractivity contribution in [2.24, 2.45) is 5.92 Å². The van der Waals surface area contributed by atoms with Crippen LogP contribution in [0.25, 0.3) is 0 Å². The van der Waals surface area contributed by atoms with Crippen LogP contribution >= 0.6 is 0 Å². The van der Waals surface area contributed by atoms with E-state index in [1.54, 1.807) is 17.2 Å². The summed E-state index contributed by atoms with van der Waals surface area (Å²) in [5.41, 5.74) is 1.07. The lowest BCUT2D eigenvalue weighted by Gasteiger charge is -2.23. The molecule has 2 aliphatic rings. The molecule has 114 valence electrons. The molecule has 4 atom stereocenters. The maximum absolute atomic E-state index is 10.7. The van der Waals surface area contributed by atoms with Crippen molar-refractivity contribution in [2.45, 2.75) is 25.4 Å². The standard InChI is InChI=1S/C14H18N2O5/c1-9-19-7-12-13(8-20-9)21-15(2)14(12)10-3-5-11(6-4-10)16(17)18/h3-6,9,12-14H,7-8H2,1-2H3/t9-,12+,13-,14-/m0/s1. The first-order valence-corrected chi connectivity index (χ1v) is 6.93. The molecule has 0 saturated carbocycles. The largest absolute Gasteiger partial charge is 0.353 e. The van der Waals surface area contributed by atoms with Crippen molar-refractivity contribution in [3.63, 3.8) is 0 Å². The highest BCUT2D eigenvalue weighted by molar-refractivity contribution is 5.34. The fraction of sp³-hybridized carbons (Fsp3) is 0.571. The summed E-state index contributed by atoms with van der Waals surface area (Å²) in [4.78, 5) is 16.2. The van der Waals surface area contributed by atoms with Gasteiger partial charge in [-0.25, -0.2) is 0 Å². The summed E-state index contributed by atoms with van der Waals surface area (Å²) in [5, 5.41) is 12.5. The predicted octanol–water partition coefficient (Wildman–Crippen LogP) is 1.89. The number of benzene rings is 1. The van der Waals surface area contributed by atoms with Gasteiger partial charge in [-0.3, -0.25) is 15.0 Å². The third-order valence-corrected chi connectivity index (χ3v) is 4.04. The summed E-state index contributed by atoms with van der Waals surface area (Å²) in [6.07, 6.45) is -0.290. The average Bonchev–Trinajstić information content (AvgIpc) is 2.68. The van der Waals surface area contributed by atoms with Crippen molar-refractivity contribution in [3.05, 3.63) is 39.9 Å². The van der Waals surface area contributed by atoms with E-state index in [1.165, 1.54) is 12.1 Å². The summed E-state index contributed by atoms with van der Waals surface area (Å²) in [6.45, 7) is 2.89. The van der Waals surface area contributed by atoms with Gasteiger partial charge in [-0.05, 0) is 12.5 Å². The molecule has 0 bridgehead atoms. The van der Waals surface area contributed by atoms with E-state index in [1.807, 2.05) is 14.0 Å². The van der Waals surface area contributed by atoms with Gasteiger partial charge in [0.2, 0.25) is 0 Å². The van der Waals surface area contributed by atoms with Crippen LogP contribution in [0.5, 0.6) is 0 Å². The lowest BCUT2D eigenvalue weighted by Crippen LogP contribution is -2.25. The van der Waals surface area contributed by atoms with E-state index in [0.29, 0.717) is 13.2 Å². The molecule has 21 heavy (non-hydrogen) atoms. The SMILES string of the molecule is C[C@H]1OC[C@@H]2[C@H](CO1)ON(C)[C@H]2c1ccc([N+](=O)[O-])cc1. The Kier molecular flexibility index (Phi) is 3.90. The number of hydrogen-bond acceptors (Lipinski definition) is 6. The Balaban J connectivity index is 1.84. The zero-order valence-electron chi connectivity index (χ0n) is 12.0. The number of rotatable bonds is 2. The molecule has 3 rings (SSSR count). The van der Waals surface area contributed by atoms with Crippen molar-refractivity contribution in [3.8, 4) is 0 Å². The Hall–Kier alpha value is -1.54. The van der Waals surface area contributed by atoms with Crippen molar-refractivity contribution in [2.75, 3.05) is 20.3 Å². The summed E-state index contributed by atoms with van der Waals surface area (Å²) < 4.78 is 11.2. The highest BCUT2D eigenvalue weighted by Gasteiger charge is 2.44. The van der Waals surface area contributed by atoms with Crippen molar-refractivity contribution < 1.29 is 19.2 Å². The summed E-state index contributed by atoms with van der Waals surface area (Å²) in [7, 11) is 1.87. The van der Waals surface area contributed by atoms with Crippen LogP contribution < -0.4 is 0 Å². The first kappa shape index (κ1) is 14.4. The van der Waals surface area contributed by atoms with Crippen molar-refractivity contribution >= 4 is 5.69 Å². The zero-order chi connectivity index (χ0) is 15.0. The number of hydrogen-bond donors (Lipinski definition) is 0. The molecule has 0 radical (unpaired) electrons. The zero-order valence-corrected chi connectivity index (χ0v) is 12.0. The Bertz CT molecular complexity index is 521. The smallest absolute Gasteiger partial charge is 0.269 e. The minimum Gasteiger partial charge on any atom is -0.353 e. The lowest BCUT2D eigenvalue weighted by molar-refractivity contribution is -0.384. The highest BCUT2D eigenvalue weighted by Crippen LogP contribution is 2.40. The van der Waals surface area contributed by atoms with E-state index in [-0.39, 0.29) is 30.0 Å². The fourth-order valence-electron chi connectivity index (χ4n) is 2.96. The summed E-state index contributed by atoms with van der Waals surface area (Å²) in [6, 6.07) is 6.60. The molecule has 0 aromatic heterocycles. The van der Waals surface area contributed by atoms with Crippen molar-refractivity contribution in [1.82, 2.24) is 5.06 Å². The molecule has 0 amide bonds. The van der Waals surface area contributed by atoms with Gasteiger partial charge in [-0.1, -0.05) is 12.1 Å². The van der Waals surface area contributed by atoms with E-state index in [4.69, 9.17) is 14.3 Å². The predicted molar refractivity (Wildman–Crippen MR) is 73.3 cm³/mol. The fourth-order valence-corrected chi connectivity index (χ4v) is 2.96. The van der Waals surface area contributed by atoms with Crippen LogP contribution in [0.1, 0.15) is 18.5 Å². The lowest BCUT2D eigenvalue weighted by atomic mass is 9.90. The van der Waals surface area contributed by atoms with Gasteiger partial charge in [0.05, 0.1) is 24.2 Å². The van der Waals surface area contributed by atoms with Gasteiger partial charge in [0.1, 0.15) is 6.10 Å². The first-order chi connectivity index (χ1) is 10.1. The topological polar surface area (TPSA) is 74.1 Å². The van der Waals surface area contributed by atoms with Gasteiger partial charge in [0.15, 0.2) is 6.29 Å². The highest BCUT2D eigenvalue weighted by atomic mass is 16.7. The van der Waals surface area contributed by atoms with Crippen LogP contribution in [0.2, 0.25) is 0 Å². The van der Waals surface area contributed by atoms with Gasteiger partial charge in [-0.15, -0.1) is 0 Å². The average molecular weight is 294 g/mol. The molecular formula is C14H18N2O5. The van der Waals surface area contributed by atoms with Crippen LogP contribution in [-0.2, 0) is 14.3 Å². The Morgan fingerprint density at radius 2 is 1.90 bits per heavy atom. The second-order valence-corrected chi connectivity index (χ2v) is 5.38. The molecule has 0 spiro atoms. The molecule has 2 fully saturated rings. The van der Waals surface area contributed by atoms with Crippen LogP contribution in [0.4, 0.5) is 5.69 Å². The van der Waals surface area contributed by atoms with Crippen molar-refractivity contribution in [1.29, 1.82) is 0 Å².